The third kappa shape index (κ3) is 8.67. The summed E-state index contributed by atoms with van der Waals surface area (Å²) in [4.78, 5) is 15.4. The van der Waals surface area contributed by atoms with E-state index in [1.165, 1.54) is 0 Å². The van der Waals surface area contributed by atoms with Crippen LogP contribution in [0.5, 0.6) is 0 Å². The first-order valence-electron chi connectivity index (χ1n) is 11.5. The Labute approximate surface area is 235 Å². The summed E-state index contributed by atoms with van der Waals surface area (Å²) in [5, 5.41) is 18.5. The number of carbonyl (C=O) groups is 1. The molecule has 195 valence electrons. The van der Waals surface area contributed by atoms with Crippen LogP contribution in [0.4, 0.5) is 0 Å². The maximum absolute atomic E-state index is 11.6. The number of benzene rings is 2. The molecule has 36 heavy (non-hydrogen) atoms. The zero-order chi connectivity index (χ0) is 25.8. The number of carbonyl (C=O) groups excluding carboxylic acids is 1. The van der Waals surface area contributed by atoms with Gasteiger partial charge >= 0.3 is 17.1 Å². The number of hydrogen-bond acceptors (Lipinski definition) is 7. The Morgan fingerprint density at radius 3 is 1.39 bits per heavy atom. The predicted octanol–water partition coefficient (Wildman–Crippen LogP) is 3.38. The first-order chi connectivity index (χ1) is 16.9. The molecule has 0 fully saturated rings. The Morgan fingerprint density at radius 1 is 0.667 bits per heavy atom. The second-order valence-electron chi connectivity index (χ2n) is 7.31. The molecule has 0 aromatic heterocycles. The molecule has 0 atom stereocenters. The normalized spacial score (nSPS) is 12.7. The van der Waals surface area contributed by atoms with Gasteiger partial charge in [-0.25, -0.2) is 0 Å². The van der Waals surface area contributed by atoms with Gasteiger partial charge in [0, 0.05) is 53.2 Å². The Bertz CT molecular complexity index is 1100. The van der Waals surface area contributed by atoms with Crippen LogP contribution in [-0.4, -0.2) is 63.6 Å². The molecule has 1 amide bonds. The van der Waals surface area contributed by atoms with Crippen LogP contribution >= 0.6 is 0 Å². The summed E-state index contributed by atoms with van der Waals surface area (Å²) in [5.41, 5.74) is 8.16. The molecule has 2 rings (SSSR count). The van der Waals surface area contributed by atoms with Crippen LogP contribution in [0, 0.1) is 0 Å². The number of nitrogens with zero attached hydrogens (tertiary/aromatic N) is 6. The Kier molecular flexibility index (Phi) is 13.9. The van der Waals surface area contributed by atoms with Crippen LogP contribution in [0.1, 0.15) is 49.2 Å². The number of rotatable bonds is 10. The third-order valence-electron chi connectivity index (χ3n) is 5.25. The average molecular weight is 573 g/mol. The van der Waals surface area contributed by atoms with Crippen LogP contribution in [0.15, 0.2) is 75.0 Å². The smallest absolute Gasteiger partial charge is 0.741 e. The number of primary amides is 1. The minimum absolute atomic E-state index is 0. The fourth-order valence-electron chi connectivity index (χ4n) is 3.17. The molecular formula is C25H31CuN7OS2. The second kappa shape index (κ2) is 16.0. The van der Waals surface area contributed by atoms with E-state index in [0.717, 1.165) is 18.7 Å². The zero-order valence-electron chi connectivity index (χ0n) is 20.8. The van der Waals surface area contributed by atoms with Gasteiger partial charge < -0.3 is 40.8 Å². The van der Waals surface area contributed by atoms with E-state index in [1.807, 2.05) is 67.8 Å². The van der Waals surface area contributed by atoms with Crippen molar-refractivity contribution >= 4 is 52.9 Å². The van der Waals surface area contributed by atoms with Gasteiger partial charge in [-0.3, -0.25) is 4.79 Å². The minimum atomic E-state index is -0.515. The van der Waals surface area contributed by atoms with Gasteiger partial charge in [0.05, 0.1) is 0 Å². The van der Waals surface area contributed by atoms with Crippen LogP contribution < -0.4 is 5.73 Å². The number of amides is 1. The molecular weight excluding hydrogens is 542 g/mol. The molecule has 2 aromatic rings. The van der Waals surface area contributed by atoms with Crippen LogP contribution in [0.25, 0.3) is 0 Å². The van der Waals surface area contributed by atoms with Crippen molar-refractivity contribution in [1.29, 1.82) is 0 Å². The summed E-state index contributed by atoms with van der Waals surface area (Å²) >= 11 is 10.9. The van der Waals surface area contributed by atoms with E-state index in [-0.39, 0.29) is 17.1 Å². The largest absolute Gasteiger partial charge is 2.00 e. The van der Waals surface area contributed by atoms with E-state index in [2.05, 4.69) is 20.4 Å². The quantitative estimate of drug-likeness (QED) is 0.155. The van der Waals surface area contributed by atoms with Crippen molar-refractivity contribution in [2.45, 2.75) is 27.7 Å². The number of nitrogens with two attached hydrogens (primary N) is 1. The van der Waals surface area contributed by atoms with E-state index in [4.69, 9.17) is 31.0 Å². The molecule has 8 nitrogen and oxygen atoms in total. The molecule has 0 spiro atoms. The van der Waals surface area contributed by atoms with E-state index in [9.17, 15) is 4.79 Å². The van der Waals surface area contributed by atoms with Crippen molar-refractivity contribution in [3.63, 3.8) is 0 Å². The zero-order valence-corrected chi connectivity index (χ0v) is 23.4. The van der Waals surface area contributed by atoms with Gasteiger partial charge in [0.1, 0.15) is 11.4 Å². The molecule has 2 N–H and O–H groups in total. The second-order valence-corrected chi connectivity index (χ2v) is 8.04. The first kappa shape index (κ1) is 31.2. The van der Waals surface area contributed by atoms with Gasteiger partial charge in [-0.2, -0.15) is 10.2 Å². The standard InChI is InChI=1S/C25H33N7OS2.Cu/c1-5-31(6-2)24(34)29-27-21(18-12-10-9-11-13-18)22(28-30-25(35)32(7-3)8-4)19-14-16-20(17-15-19)23(26)33;/h9-17H,5-8H2,1-4H3,(H2,26,33)(H,29,34)(H,30,35);/q;+2/p-2. The summed E-state index contributed by atoms with van der Waals surface area (Å²) < 4.78 is 0. The van der Waals surface area contributed by atoms with Gasteiger partial charge in [0.25, 0.3) is 0 Å². The van der Waals surface area contributed by atoms with Crippen molar-refractivity contribution in [2.75, 3.05) is 26.2 Å². The third-order valence-corrected chi connectivity index (χ3v) is 5.93. The molecule has 0 heterocycles. The monoisotopic (exact) mass is 572 g/mol. The first-order valence-corrected chi connectivity index (χ1v) is 12.3. The molecule has 0 aliphatic heterocycles. The van der Waals surface area contributed by atoms with E-state index in [1.54, 1.807) is 24.3 Å². The number of hydrogen-bond donors (Lipinski definition) is 1. The SMILES string of the molecule is CCN(CC)C([S-])=NN=C(C(=NN=C([S-])N(CC)CC)c1ccc(C(N)=O)cc1)c1ccccc1.[Cu+2]. The van der Waals surface area contributed by atoms with Gasteiger partial charge in [0.2, 0.25) is 5.91 Å². The fourth-order valence-corrected chi connectivity index (χ4v) is 3.77. The summed E-state index contributed by atoms with van der Waals surface area (Å²) in [6, 6.07) is 16.3. The van der Waals surface area contributed by atoms with Crippen molar-refractivity contribution in [3.05, 3.63) is 71.3 Å². The Balaban J connectivity index is 0.00000648. The van der Waals surface area contributed by atoms with E-state index >= 15 is 0 Å². The maximum Gasteiger partial charge on any atom is 2.00 e. The summed E-state index contributed by atoms with van der Waals surface area (Å²) in [6.07, 6.45) is 0. The molecule has 1 radical (unpaired) electrons. The van der Waals surface area contributed by atoms with Gasteiger partial charge in [-0.15, -0.1) is 10.2 Å². The molecule has 0 saturated heterocycles. The molecule has 0 aliphatic carbocycles. The molecule has 0 aliphatic rings. The van der Waals surface area contributed by atoms with Crippen LogP contribution in [0.3, 0.4) is 0 Å². The summed E-state index contributed by atoms with van der Waals surface area (Å²) in [5.74, 6) is -0.515. The van der Waals surface area contributed by atoms with Crippen molar-refractivity contribution in [1.82, 2.24) is 9.80 Å². The van der Waals surface area contributed by atoms with E-state index in [0.29, 0.717) is 46.0 Å². The van der Waals surface area contributed by atoms with Crippen LogP contribution in [-0.2, 0) is 42.3 Å². The van der Waals surface area contributed by atoms with Gasteiger partial charge in [-0.05, 0) is 39.8 Å². The molecule has 0 unspecified atom stereocenters. The maximum atomic E-state index is 11.6. The van der Waals surface area contributed by atoms with Crippen LogP contribution in [0.2, 0.25) is 0 Å². The minimum Gasteiger partial charge on any atom is -0.741 e. The molecule has 0 bridgehead atoms. The molecule has 11 heteroatoms. The van der Waals surface area contributed by atoms with Crippen molar-refractivity contribution in [2.24, 2.45) is 26.1 Å². The average Bonchev–Trinajstić information content (AvgIpc) is 2.88. The number of amidine groups is 2. The van der Waals surface area contributed by atoms with E-state index < -0.39 is 5.91 Å². The van der Waals surface area contributed by atoms with Crippen molar-refractivity contribution < 1.29 is 21.9 Å². The topological polar surface area (TPSA) is 99.0 Å². The van der Waals surface area contributed by atoms with Gasteiger partial charge in [0.15, 0.2) is 0 Å². The van der Waals surface area contributed by atoms with Gasteiger partial charge in [-0.1, -0.05) is 42.5 Å². The molecule has 2 aromatic carbocycles. The van der Waals surface area contributed by atoms with Crippen molar-refractivity contribution in [3.8, 4) is 0 Å². The Hall–Kier alpha value is -2.85. The Morgan fingerprint density at radius 2 is 1.03 bits per heavy atom. The molecule has 0 saturated carbocycles. The summed E-state index contributed by atoms with van der Waals surface area (Å²) in [7, 11) is 0. The predicted molar refractivity (Wildman–Crippen MR) is 150 cm³/mol. The fraction of sp³-hybridized carbons (Fsp3) is 0.320. The summed E-state index contributed by atoms with van der Waals surface area (Å²) in [6.45, 7) is 10.9.